The number of hydrogen-bond acceptors (Lipinski definition) is 1. The van der Waals surface area contributed by atoms with Crippen LogP contribution in [0.5, 0.6) is 0 Å². The van der Waals surface area contributed by atoms with E-state index in [2.05, 4.69) is 33.8 Å². The van der Waals surface area contributed by atoms with E-state index >= 15 is 0 Å². The van der Waals surface area contributed by atoms with Gasteiger partial charge in [0.05, 0.1) is 0 Å². The highest BCUT2D eigenvalue weighted by atomic mass is 16.3. The van der Waals surface area contributed by atoms with Crippen molar-refractivity contribution < 1.29 is 5.11 Å². The quantitative estimate of drug-likeness (QED) is 0.600. The molecule has 1 N–H and O–H groups in total. The second kappa shape index (κ2) is 2.90. The van der Waals surface area contributed by atoms with Gasteiger partial charge in [0.1, 0.15) is 5.76 Å². The summed E-state index contributed by atoms with van der Waals surface area (Å²) in [6.45, 7) is 11.0. The average molecular weight is 180 g/mol. The molecule has 0 bridgehead atoms. The molecular formula is C12H20O. The average Bonchev–Trinajstić information content (AvgIpc) is 1.95. The second-order valence-electron chi connectivity index (χ2n) is 5.34. The SMILES string of the molecule is CC1=C(O)C=CC(C)(C(C)(C)C)C1. The predicted octanol–water partition coefficient (Wildman–Crippen LogP) is 3.83. The fourth-order valence-corrected chi connectivity index (χ4v) is 1.62. The van der Waals surface area contributed by atoms with E-state index in [1.807, 2.05) is 13.0 Å². The van der Waals surface area contributed by atoms with Gasteiger partial charge in [0, 0.05) is 0 Å². The second-order valence-corrected chi connectivity index (χ2v) is 5.34. The molecule has 0 saturated carbocycles. The van der Waals surface area contributed by atoms with Crippen LogP contribution in [-0.2, 0) is 0 Å². The first kappa shape index (κ1) is 10.4. The van der Waals surface area contributed by atoms with Gasteiger partial charge in [-0.3, -0.25) is 0 Å². The molecule has 74 valence electrons. The lowest BCUT2D eigenvalue weighted by Gasteiger charge is -2.41. The number of hydrogen-bond donors (Lipinski definition) is 1. The van der Waals surface area contributed by atoms with Crippen molar-refractivity contribution in [3.05, 3.63) is 23.5 Å². The lowest BCUT2D eigenvalue weighted by Crippen LogP contribution is -2.32. The molecule has 1 heteroatoms. The highest BCUT2D eigenvalue weighted by Crippen LogP contribution is 2.46. The molecular weight excluding hydrogens is 160 g/mol. The summed E-state index contributed by atoms with van der Waals surface area (Å²) in [5, 5.41) is 9.47. The lowest BCUT2D eigenvalue weighted by molar-refractivity contribution is 0.162. The van der Waals surface area contributed by atoms with Gasteiger partial charge in [-0.2, -0.15) is 0 Å². The third-order valence-electron chi connectivity index (χ3n) is 3.39. The topological polar surface area (TPSA) is 20.2 Å². The third-order valence-corrected chi connectivity index (χ3v) is 3.39. The summed E-state index contributed by atoms with van der Waals surface area (Å²) in [7, 11) is 0. The number of allylic oxidation sites excluding steroid dienone is 3. The van der Waals surface area contributed by atoms with E-state index in [0.29, 0.717) is 5.76 Å². The molecule has 0 fully saturated rings. The van der Waals surface area contributed by atoms with Crippen LogP contribution in [0, 0.1) is 10.8 Å². The molecule has 1 aliphatic carbocycles. The Morgan fingerprint density at radius 1 is 1.38 bits per heavy atom. The van der Waals surface area contributed by atoms with Crippen molar-refractivity contribution in [2.24, 2.45) is 10.8 Å². The van der Waals surface area contributed by atoms with Gasteiger partial charge < -0.3 is 5.11 Å². The molecule has 0 spiro atoms. The molecule has 13 heavy (non-hydrogen) atoms. The van der Waals surface area contributed by atoms with Crippen LogP contribution < -0.4 is 0 Å². The first-order chi connectivity index (χ1) is 5.76. The van der Waals surface area contributed by atoms with Gasteiger partial charge >= 0.3 is 0 Å². The van der Waals surface area contributed by atoms with Crippen molar-refractivity contribution in [1.82, 2.24) is 0 Å². The van der Waals surface area contributed by atoms with Crippen molar-refractivity contribution in [3.8, 4) is 0 Å². The molecule has 0 aliphatic heterocycles. The molecule has 1 aliphatic rings. The summed E-state index contributed by atoms with van der Waals surface area (Å²) in [5.41, 5.74) is 1.51. The van der Waals surface area contributed by atoms with Gasteiger partial charge in [-0.05, 0) is 35.8 Å². The predicted molar refractivity (Wildman–Crippen MR) is 56.6 cm³/mol. The molecule has 1 atom stereocenters. The van der Waals surface area contributed by atoms with Crippen LogP contribution in [0.15, 0.2) is 23.5 Å². The van der Waals surface area contributed by atoms with Gasteiger partial charge in [-0.1, -0.05) is 33.8 Å². The minimum Gasteiger partial charge on any atom is -0.508 e. The van der Waals surface area contributed by atoms with Gasteiger partial charge in [-0.25, -0.2) is 0 Å². The molecule has 0 aromatic rings. The minimum atomic E-state index is 0.170. The van der Waals surface area contributed by atoms with Crippen LogP contribution in [0.3, 0.4) is 0 Å². The van der Waals surface area contributed by atoms with E-state index in [-0.39, 0.29) is 10.8 Å². The van der Waals surface area contributed by atoms with E-state index < -0.39 is 0 Å². The molecule has 0 amide bonds. The van der Waals surface area contributed by atoms with Gasteiger partial charge in [0.25, 0.3) is 0 Å². The number of rotatable bonds is 0. The van der Waals surface area contributed by atoms with Gasteiger partial charge in [-0.15, -0.1) is 0 Å². The maximum atomic E-state index is 9.47. The summed E-state index contributed by atoms with van der Waals surface area (Å²) in [4.78, 5) is 0. The standard InChI is InChI=1S/C12H20O/c1-9-8-12(5,11(2,3)4)7-6-10(9)13/h6-7,13H,8H2,1-5H3. The first-order valence-corrected chi connectivity index (χ1v) is 4.84. The van der Waals surface area contributed by atoms with E-state index in [4.69, 9.17) is 0 Å². The summed E-state index contributed by atoms with van der Waals surface area (Å²) < 4.78 is 0. The Hall–Kier alpha value is -0.720. The van der Waals surface area contributed by atoms with Crippen LogP contribution in [0.25, 0.3) is 0 Å². The Morgan fingerprint density at radius 2 is 1.92 bits per heavy atom. The first-order valence-electron chi connectivity index (χ1n) is 4.84. The van der Waals surface area contributed by atoms with Crippen LogP contribution in [0.2, 0.25) is 0 Å². The van der Waals surface area contributed by atoms with Crippen molar-refractivity contribution in [2.75, 3.05) is 0 Å². The Bertz CT molecular complexity index is 265. The smallest absolute Gasteiger partial charge is 0.114 e. The van der Waals surface area contributed by atoms with Crippen LogP contribution in [0.1, 0.15) is 41.0 Å². The summed E-state index contributed by atoms with van der Waals surface area (Å²) in [6.07, 6.45) is 4.93. The van der Waals surface area contributed by atoms with Crippen molar-refractivity contribution in [2.45, 2.75) is 41.0 Å². The Morgan fingerprint density at radius 3 is 2.31 bits per heavy atom. The zero-order valence-corrected chi connectivity index (χ0v) is 9.31. The fraction of sp³-hybridized carbons (Fsp3) is 0.667. The van der Waals surface area contributed by atoms with Gasteiger partial charge in [0.15, 0.2) is 0 Å². The normalized spacial score (nSPS) is 29.6. The van der Waals surface area contributed by atoms with E-state index in [0.717, 1.165) is 12.0 Å². The lowest BCUT2D eigenvalue weighted by atomic mass is 9.63. The van der Waals surface area contributed by atoms with Crippen LogP contribution >= 0.6 is 0 Å². The Labute approximate surface area is 81.2 Å². The Balaban J connectivity index is 2.97. The monoisotopic (exact) mass is 180 g/mol. The van der Waals surface area contributed by atoms with Crippen LogP contribution in [-0.4, -0.2) is 5.11 Å². The summed E-state index contributed by atoms with van der Waals surface area (Å²) >= 11 is 0. The highest BCUT2D eigenvalue weighted by Gasteiger charge is 2.37. The molecule has 0 aromatic carbocycles. The largest absolute Gasteiger partial charge is 0.508 e. The summed E-state index contributed by atoms with van der Waals surface area (Å²) in [5.74, 6) is 0.446. The summed E-state index contributed by atoms with van der Waals surface area (Å²) in [6, 6.07) is 0. The molecule has 0 heterocycles. The molecule has 1 nitrogen and oxygen atoms in total. The minimum absolute atomic E-state index is 0.170. The third kappa shape index (κ3) is 1.79. The van der Waals surface area contributed by atoms with Crippen molar-refractivity contribution in [1.29, 1.82) is 0 Å². The van der Waals surface area contributed by atoms with E-state index in [9.17, 15) is 5.11 Å². The Kier molecular flexibility index (Phi) is 2.31. The number of aliphatic hydroxyl groups is 1. The van der Waals surface area contributed by atoms with Crippen molar-refractivity contribution >= 4 is 0 Å². The molecule has 0 saturated heterocycles. The van der Waals surface area contributed by atoms with Crippen LogP contribution in [0.4, 0.5) is 0 Å². The van der Waals surface area contributed by atoms with E-state index in [1.54, 1.807) is 0 Å². The molecule has 0 aromatic heterocycles. The number of aliphatic hydroxyl groups excluding tert-OH is 1. The van der Waals surface area contributed by atoms with Crippen molar-refractivity contribution in [3.63, 3.8) is 0 Å². The molecule has 1 unspecified atom stereocenters. The zero-order valence-electron chi connectivity index (χ0n) is 9.31. The zero-order chi connectivity index (χ0) is 10.3. The molecule has 1 rings (SSSR count). The highest BCUT2D eigenvalue weighted by molar-refractivity contribution is 5.28. The molecule has 0 radical (unpaired) electrons. The van der Waals surface area contributed by atoms with E-state index in [1.165, 1.54) is 0 Å². The maximum absolute atomic E-state index is 9.47. The fourth-order valence-electron chi connectivity index (χ4n) is 1.62. The van der Waals surface area contributed by atoms with Gasteiger partial charge in [0.2, 0.25) is 0 Å². The maximum Gasteiger partial charge on any atom is 0.114 e.